The van der Waals surface area contributed by atoms with Crippen molar-refractivity contribution in [2.75, 3.05) is 13.1 Å². The fraction of sp³-hybridized carbons (Fsp3) is 0.409. The van der Waals surface area contributed by atoms with Gasteiger partial charge >= 0.3 is 0 Å². The largest absolute Gasteiger partial charge is 0.339 e. The molecular formula is C22H27NO. The third kappa shape index (κ3) is 4.05. The van der Waals surface area contributed by atoms with Crippen molar-refractivity contribution in [2.45, 2.75) is 39.0 Å². The Kier molecular flexibility index (Phi) is 5.34. The summed E-state index contributed by atoms with van der Waals surface area (Å²) >= 11 is 0. The minimum absolute atomic E-state index is 0.190. The van der Waals surface area contributed by atoms with E-state index in [0.717, 1.165) is 37.9 Å². The Bertz CT molecular complexity index is 669. The molecule has 3 rings (SSSR count). The van der Waals surface area contributed by atoms with E-state index in [9.17, 15) is 4.79 Å². The Morgan fingerprint density at radius 3 is 2.42 bits per heavy atom. The highest BCUT2D eigenvalue weighted by atomic mass is 16.2. The smallest absolute Gasteiger partial charge is 0.253 e. The molecule has 0 aromatic heterocycles. The lowest BCUT2D eigenvalue weighted by Crippen LogP contribution is -2.38. The van der Waals surface area contributed by atoms with E-state index < -0.39 is 0 Å². The molecule has 0 saturated carbocycles. The second-order valence-corrected chi connectivity index (χ2v) is 7.21. The molecule has 1 fully saturated rings. The number of piperidine rings is 1. The third-order valence-electron chi connectivity index (χ3n) is 5.07. The summed E-state index contributed by atoms with van der Waals surface area (Å²) < 4.78 is 0. The molecule has 1 aliphatic heterocycles. The van der Waals surface area contributed by atoms with Gasteiger partial charge in [0.05, 0.1) is 0 Å². The number of likely N-dealkylation sites (tertiary alicyclic amines) is 1. The normalized spacial score (nSPS) is 15.7. The summed E-state index contributed by atoms with van der Waals surface area (Å²) in [5.41, 5.74) is 3.48. The van der Waals surface area contributed by atoms with Gasteiger partial charge in [-0.1, -0.05) is 56.3 Å². The van der Waals surface area contributed by atoms with E-state index in [0.29, 0.717) is 11.8 Å². The quantitative estimate of drug-likeness (QED) is 0.784. The minimum atomic E-state index is 0.190. The Balaban J connectivity index is 1.58. The zero-order chi connectivity index (χ0) is 16.9. The average molecular weight is 321 g/mol. The lowest BCUT2D eigenvalue weighted by atomic mass is 9.90. The first-order valence-electron chi connectivity index (χ1n) is 9.06. The monoisotopic (exact) mass is 321 g/mol. The fourth-order valence-electron chi connectivity index (χ4n) is 3.50. The second-order valence-electron chi connectivity index (χ2n) is 7.21. The van der Waals surface area contributed by atoms with Crippen molar-refractivity contribution >= 4 is 5.91 Å². The van der Waals surface area contributed by atoms with Crippen LogP contribution in [0.3, 0.4) is 0 Å². The van der Waals surface area contributed by atoms with Crippen LogP contribution in [-0.2, 0) is 6.42 Å². The molecule has 0 spiro atoms. The highest BCUT2D eigenvalue weighted by Gasteiger charge is 2.24. The molecule has 0 aliphatic carbocycles. The van der Waals surface area contributed by atoms with Crippen molar-refractivity contribution in [1.82, 2.24) is 4.90 Å². The fourth-order valence-corrected chi connectivity index (χ4v) is 3.50. The van der Waals surface area contributed by atoms with Gasteiger partial charge in [0.2, 0.25) is 0 Å². The molecule has 0 unspecified atom stereocenters. The van der Waals surface area contributed by atoms with Crippen LogP contribution in [0.4, 0.5) is 0 Å². The van der Waals surface area contributed by atoms with Crippen molar-refractivity contribution in [1.29, 1.82) is 0 Å². The van der Waals surface area contributed by atoms with E-state index in [2.05, 4.69) is 56.3 Å². The topological polar surface area (TPSA) is 20.3 Å². The lowest BCUT2D eigenvalue weighted by molar-refractivity contribution is 0.0690. The van der Waals surface area contributed by atoms with Gasteiger partial charge in [0, 0.05) is 18.7 Å². The van der Waals surface area contributed by atoms with Crippen LogP contribution in [-0.4, -0.2) is 23.9 Å². The molecule has 0 bridgehead atoms. The molecule has 0 atom stereocenters. The summed E-state index contributed by atoms with van der Waals surface area (Å²) in [6.45, 7) is 6.09. The number of carbonyl (C=O) groups excluding carboxylic acids is 1. The van der Waals surface area contributed by atoms with E-state index in [1.165, 1.54) is 11.1 Å². The summed E-state index contributed by atoms with van der Waals surface area (Å²) in [6.07, 6.45) is 3.33. The second kappa shape index (κ2) is 7.65. The van der Waals surface area contributed by atoms with Gasteiger partial charge in [-0.05, 0) is 54.4 Å². The van der Waals surface area contributed by atoms with Gasteiger partial charge in [0.25, 0.3) is 5.91 Å². The maximum atomic E-state index is 12.8. The zero-order valence-corrected chi connectivity index (χ0v) is 14.7. The first-order chi connectivity index (χ1) is 11.6. The van der Waals surface area contributed by atoms with Crippen LogP contribution in [0.2, 0.25) is 0 Å². The van der Waals surface area contributed by atoms with Gasteiger partial charge in [-0.15, -0.1) is 0 Å². The Hall–Kier alpha value is -2.09. The van der Waals surface area contributed by atoms with E-state index in [1.54, 1.807) is 0 Å². The summed E-state index contributed by atoms with van der Waals surface area (Å²) in [7, 11) is 0. The van der Waals surface area contributed by atoms with Crippen LogP contribution in [0.25, 0.3) is 0 Å². The van der Waals surface area contributed by atoms with Gasteiger partial charge in [-0.25, -0.2) is 0 Å². The first-order valence-corrected chi connectivity index (χ1v) is 9.06. The van der Waals surface area contributed by atoms with Crippen molar-refractivity contribution in [3.8, 4) is 0 Å². The average Bonchev–Trinajstić information content (AvgIpc) is 2.63. The molecule has 24 heavy (non-hydrogen) atoms. The van der Waals surface area contributed by atoms with Crippen LogP contribution in [0.1, 0.15) is 54.1 Å². The van der Waals surface area contributed by atoms with Crippen molar-refractivity contribution in [3.63, 3.8) is 0 Å². The lowest BCUT2D eigenvalue weighted by Gasteiger charge is -2.32. The highest BCUT2D eigenvalue weighted by molar-refractivity contribution is 5.94. The maximum Gasteiger partial charge on any atom is 0.253 e. The molecule has 126 valence electrons. The molecule has 2 aromatic carbocycles. The SMILES string of the molecule is CC(C)c1cccc(C(=O)N2CCC(Cc3ccccc3)CC2)c1. The molecule has 1 saturated heterocycles. The van der Waals surface area contributed by atoms with Crippen molar-refractivity contribution in [3.05, 3.63) is 71.3 Å². The highest BCUT2D eigenvalue weighted by Crippen LogP contribution is 2.23. The van der Waals surface area contributed by atoms with Gasteiger partial charge in [-0.3, -0.25) is 4.79 Å². The van der Waals surface area contributed by atoms with Crippen molar-refractivity contribution in [2.24, 2.45) is 5.92 Å². The predicted molar refractivity (Wildman–Crippen MR) is 99.3 cm³/mol. The Morgan fingerprint density at radius 1 is 1.04 bits per heavy atom. The number of hydrogen-bond acceptors (Lipinski definition) is 1. The maximum absolute atomic E-state index is 12.8. The molecule has 2 aromatic rings. The number of hydrogen-bond donors (Lipinski definition) is 0. The van der Waals surface area contributed by atoms with E-state index in [1.807, 2.05) is 17.0 Å². The van der Waals surface area contributed by atoms with E-state index >= 15 is 0 Å². The predicted octanol–water partition coefficient (Wildman–Crippen LogP) is 4.90. The van der Waals surface area contributed by atoms with Crippen LogP contribution in [0, 0.1) is 5.92 Å². The van der Waals surface area contributed by atoms with Gasteiger partial charge in [0.15, 0.2) is 0 Å². The molecular weight excluding hydrogens is 294 g/mol. The molecule has 2 heteroatoms. The van der Waals surface area contributed by atoms with Gasteiger partial charge in [-0.2, -0.15) is 0 Å². The van der Waals surface area contributed by atoms with Gasteiger partial charge < -0.3 is 4.90 Å². The molecule has 0 N–H and O–H groups in total. The van der Waals surface area contributed by atoms with E-state index in [4.69, 9.17) is 0 Å². The molecule has 2 nitrogen and oxygen atoms in total. The summed E-state index contributed by atoms with van der Waals surface area (Å²) in [6, 6.07) is 18.8. The number of benzene rings is 2. The number of nitrogens with zero attached hydrogens (tertiary/aromatic N) is 1. The number of rotatable bonds is 4. The zero-order valence-electron chi connectivity index (χ0n) is 14.7. The van der Waals surface area contributed by atoms with Crippen LogP contribution in [0.5, 0.6) is 0 Å². The summed E-state index contributed by atoms with van der Waals surface area (Å²) in [5.74, 6) is 1.34. The van der Waals surface area contributed by atoms with Crippen molar-refractivity contribution < 1.29 is 4.79 Å². The summed E-state index contributed by atoms with van der Waals surface area (Å²) in [5, 5.41) is 0. The number of carbonyl (C=O) groups is 1. The van der Waals surface area contributed by atoms with Crippen LogP contribution >= 0.6 is 0 Å². The van der Waals surface area contributed by atoms with Crippen LogP contribution in [0.15, 0.2) is 54.6 Å². The number of amides is 1. The van der Waals surface area contributed by atoms with E-state index in [-0.39, 0.29) is 5.91 Å². The Labute approximate surface area is 145 Å². The molecule has 0 radical (unpaired) electrons. The molecule has 1 amide bonds. The molecule has 1 heterocycles. The minimum Gasteiger partial charge on any atom is -0.339 e. The third-order valence-corrected chi connectivity index (χ3v) is 5.07. The first kappa shape index (κ1) is 16.8. The Morgan fingerprint density at radius 2 is 1.75 bits per heavy atom. The molecule has 1 aliphatic rings. The standard InChI is InChI=1S/C22H27NO/c1-17(2)20-9-6-10-21(16-20)22(24)23-13-11-19(12-14-23)15-18-7-4-3-5-8-18/h3-10,16-17,19H,11-15H2,1-2H3. The summed E-state index contributed by atoms with van der Waals surface area (Å²) in [4.78, 5) is 14.8. The van der Waals surface area contributed by atoms with Crippen LogP contribution < -0.4 is 0 Å². The van der Waals surface area contributed by atoms with Gasteiger partial charge in [0.1, 0.15) is 0 Å².